The van der Waals surface area contributed by atoms with E-state index in [2.05, 4.69) is 10.5 Å². The molecule has 1 heterocycles. The largest absolute Gasteiger partial charge is 0.222 e. The van der Waals surface area contributed by atoms with Crippen LogP contribution >= 0.6 is 11.6 Å². The zero-order chi connectivity index (χ0) is 8.65. The first-order valence-electron chi connectivity index (χ1n) is 2.78. The van der Waals surface area contributed by atoms with Gasteiger partial charge in [-0.2, -0.15) is 5.43 Å². The molecule has 0 aliphatic carbocycles. The monoisotopic (exact) mass is 193 g/mol. The van der Waals surface area contributed by atoms with Gasteiger partial charge in [-0.1, -0.05) is 11.6 Å². The minimum atomic E-state index is -3.32. The normalized spacial score (nSPS) is 18.3. The van der Waals surface area contributed by atoms with Crippen LogP contribution in [0, 0.1) is 0 Å². The molecule has 1 aliphatic rings. The van der Waals surface area contributed by atoms with Crippen LogP contribution in [0.3, 0.4) is 0 Å². The molecule has 0 aromatic heterocycles. The Labute approximate surface area is 69.8 Å². The molecule has 0 N–H and O–H groups in total. The van der Waals surface area contributed by atoms with Crippen molar-refractivity contribution in [3.8, 4) is 0 Å². The minimum Gasteiger partial charge on any atom is -0.222 e. The molecule has 6 heteroatoms. The van der Waals surface area contributed by atoms with Crippen molar-refractivity contribution in [1.29, 1.82) is 0 Å². The summed E-state index contributed by atoms with van der Waals surface area (Å²) >= 11 is 5.59. The summed E-state index contributed by atoms with van der Waals surface area (Å²) in [7, 11) is -3.32. The first-order valence-corrected chi connectivity index (χ1v) is 5.05. The zero-order valence-electron chi connectivity index (χ0n) is 6.00. The highest BCUT2D eigenvalue weighted by molar-refractivity contribution is 8.06. The van der Waals surface area contributed by atoms with Gasteiger partial charge in [0.05, 0.1) is 5.70 Å². The minimum absolute atomic E-state index is 0.118. The van der Waals surface area contributed by atoms with Crippen LogP contribution in [0.15, 0.2) is 15.8 Å². The summed E-state index contributed by atoms with van der Waals surface area (Å²) in [6.45, 7) is 1.60. The fourth-order valence-corrected chi connectivity index (χ4v) is 1.76. The van der Waals surface area contributed by atoms with E-state index in [-0.39, 0.29) is 10.1 Å². The summed E-state index contributed by atoms with van der Waals surface area (Å²) in [4.78, 5) is 0. The van der Waals surface area contributed by atoms with Crippen LogP contribution in [-0.4, -0.2) is 19.7 Å². The van der Waals surface area contributed by atoms with Crippen molar-refractivity contribution >= 4 is 26.5 Å². The van der Waals surface area contributed by atoms with E-state index in [0.29, 0.717) is 5.70 Å². The highest BCUT2D eigenvalue weighted by atomic mass is 35.5. The number of allylic oxidation sites excluding steroid dienone is 1. The second-order valence-electron chi connectivity index (χ2n) is 2.18. The molecule has 1 rings (SSSR count). The molecule has 0 spiro atoms. The molecule has 0 amide bonds. The lowest BCUT2D eigenvalue weighted by molar-refractivity contribution is 0.612. The van der Waals surface area contributed by atoms with Crippen LogP contribution < -0.4 is 5.43 Å². The van der Waals surface area contributed by atoms with E-state index >= 15 is 0 Å². The van der Waals surface area contributed by atoms with Crippen molar-refractivity contribution in [2.24, 2.45) is 5.10 Å². The molecule has 4 nitrogen and oxygen atoms in total. The smallest absolute Gasteiger partial charge is 0.197 e. The van der Waals surface area contributed by atoms with Crippen molar-refractivity contribution in [3.63, 3.8) is 0 Å². The summed E-state index contributed by atoms with van der Waals surface area (Å²) < 4.78 is 21.8. The Balaban J connectivity index is 3.15. The Morgan fingerprint density at radius 1 is 1.45 bits per heavy atom. The Bertz CT molecular complexity index is 341. The maximum atomic E-state index is 10.9. The average molecular weight is 194 g/mol. The lowest BCUT2D eigenvalue weighted by atomic mass is 10.5. The number of halogens is 1. The molecular formula is C5H6ClN2O2S. The molecule has 0 saturated heterocycles. The summed E-state index contributed by atoms with van der Waals surface area (Å²) in [6.07, 6.45) is 1.04. The lowest BCUT2D eigenvalue weighted by Gasteiger charge is -1.92. The molecule has 11 heavy (non-hydrogen) atoms. The van der Waals surface area contributed by atoms with Crippen molar-refractivity contribution in [2.75, 3.05) is 6.26 Å². The number of rotatable bonds is 0. The van der Waals surface area contributed by atoms with Gasteiger partial charge in [0, 0.05) is 6.26 Å². The SMILES string of the molecule is CC1=C(Cl)C(S(C)(=O)=O)=N[N]1. The van der Waals surface area contributed by atoms with Crippen molar-refractivity contribution in [3.05, 3.63) is 10.7 Å². The van der Waals surface area contributed by atoms with E-state index in [1.165, 1.54) is 0 Å². The Morgan fingerprint density at radius 3 is 2.18 bits per heavy atom. The van der Waals surface area contributed by atoms with Gasteiger partial charge in [0.1, 0.15) is 5.03 Å². The molecule has 0 atom stereocenters. The third kappa shape index (κ3) is 1.54. The van der Waals surface area contributed by atoms with Gasteiger partial charge in [0.2, 0.25) is 0 Å². The quantitative estimate of drug-likeness (QED) is 0.560. The van der Waals surface area contributed by atoms with Crippen LogP contribution in [-0.2, 0) is 9.84 Å². The average Bonchev–Trinajstić information content (AvgIpc) is 2.11. The molecule has 0 aromatic rings. The number of nitrogens with zero attached hydrogens (tertiary/aromatic N) is 2. The first kappa shape index (κ1) is 8.55. The second kappa shape index (κ2) is 2.49. The van der Waals surface area contributed by atoms with Crippen molar-refractivity contribution in [2.45, 2.75) is 6.92 Å². The molecule has 0 bridgehead atoms. The van der Waals surface area contributed by atoms with Gasteiger partial charge in [-0.15, -0.1) is 5.10 Å². The third-order valence-electron chi connectivity index (χ3n) is 1.15. The zero-order valence-corrected chi connectivity index (χ0v) is 7.57. The van der Waals surface area contributed by atoms with E-state index in [4.69, 9.17) is 11.6 Å². The van der Waals surface area contributed by atoms with E-state index in [9.17, 15) is 8.42 Å². The van der Waals surface area contributed by atoms with Crippen LogP contribution in [0.4, 0.5) is 0 Å². The van der Waals surface area contributed by atoms with Crippen LogP contribution in [0.25, 0.3) is 0 Å². The van der Waals surface area contributed by atoms with Crippen LogP contribution in [0.1, 0.15) is 6.92 Å². The highest BCUT2D eigenvalue weighted by Crippen LogP contribution is 2.18. The Hall–Kier alpha value is -0.550. The van der Waals surface area contributed by atoms with E-state index < -0.39 is 9.84 Å². The fourth-order valence-electron chi connectivity index (χ4n) is 0.600. The molecular weight excluding hydrogens is 188 g/mol. The third-order valence-corrected chi connectivity index (χ3v) is 2.70. The van der Waals surface area contributed by atoms with Crippen molar-refractivity contribution in [1.82, 2.24) is 5.43 Å². The van der Waals surface area contributed by atoms with E-state index in [0.717, 1.165) is 6.26 Å². The van der Waals surface area contributed by atoms with E-state index in [1.54, 1.807) is 6.92 Å². The summed E-state index contributed by atoms with van der Waals surface area (Å²) in [5, 5.41) is 3.39. The molecule has 0 unspecified atom stereocenters. The van der Waals surface area contributed by atoms with Gasteiger partial charge >= 0.3 is 0 Å². The number of sulfone groups is 1. The highest BCUT2D eigenvalue weighted by Gasteiger charge is 2.24. The molecule has 0 aromatic carbocycles. The predicted octanol–water partition coefficient (Wildman–Crippen LogP) is 0.433. The van der Waals surface area contributed by atoms with Crippen LogP contribution in [0.5, 0.6) is 0 Å². The predicted molar refractivity (Wildman–Crippen MR) is 43.0 cm³/mol. The summed E-state index contributed by atoms with van der Waals surface area (Å²) in [5.41, 5.74) is 3.96. The van der Waals surface area contributed by atoms with Gasteiger partial charge in [0.25, 0.3) is 0 Å². The molecule has 61 valence electrons. The maximum Gasteiger partial charge on any atom is 0.197 e. The topological polar surface area (TPSA) is 60.6 Å². The lowest BCUT2D eigenvalue weighted by Crippen LogP contribution is -2.10. The van der Waals surface area contributed by atoms with Crippen LogP contribution in [0.2, 0.25) is 0 Å². The first-order chi connectivity index (χ1) is 4.93. The van der Waals surface area contributed by atoms with Gasteiger partial charge in [0.15, 0.2) is 14.9 Å². The maximum absolute atomic E-state index is 10.9. The Kier molecular flexibility index (Phi) is 1.94. The summed E-state index contributed by atoms with van der Waals surface area (Å²) in [6, 6.07) is 0. The van der Waals surface area contributed by atoms with Gasteiger partial charge < -0.3 is 0 Å². The Morgan fingerprint density at radius 2 is 2.00 bits per heavy atom. The van der Waals surface area contributed by atoms with Gasteiger partial charge in [-0.05, 0) is 6.92 Å². The second-order valence-corrected chi connectivity index (χ2v) is 4.49. The molecule has 1 aliphatic heterocycles. The number of hydrogen-bond acceptors (Lipinski definition) is 3. The molecule has 0 saturated carbocycles. The molecule has 1 radical (unpaired) electrons. The molecule has 0 fully saturated rings. The standard InChI is InChI=1S/C5H6ClN2O2S/c1-3-4(6)5(8-7-3)11(2,9)10/h1-2H3. The van der Waals surface area contributed by atoms with Crippen molar-refractivity contribution < 1.29 is 8.42 Å². The fraction of sp³-hybridized carbons (Fsp3) is 0.400. The van der Waals surface area contributed by atoms with E-state index in [1.807, 2.05) is 0 Å². The number of hydrogen-bond donors (Lipinski definition) is 0. The van der Waals surface area contributed by atoms with Gasteiger partial charge in [-0.25, -0.2) is 8.42 Å². The summed E-state index contributed by atoms with van der Waals surface area (Å²) in [5.74, 6) is 0. The van der Waals surface area contributed by atoms with Gasteiger partial charge in [-0.3, -0.25) is 0 Å².